The molecular formula is C21H27N3O3. The number of amides is 2. The predicted octanol–water partition coefficient (Wildman–Crippen LogP) is 2.91. The summed E-state index contributed by atoms with van der Waals surface area (Å²) >= 11 is 0. The standard InChI is InChI=1S/C21H27N3O3/c1-17-4-3-5-20(16-17)27-15-10-22-21(25)24-13-11-23(12-14-24)18-6-8-19(26-2)9-7-18/h3-9,16H,10-15H2,1-2H3,(H,22,25). The highest BCUT2D eigenvalue weighted by Gasteiger charge is 2.21. The average Bonchev–Trinajstić information content (AvgIpc) is 2.71. The Labute approximate surface area is 160 Å². The molecule has 2 aromatic carbocycles. The van der Waals surface area contributed by atoms with Gasteiger partial charge < -0.3 is 24.6 Å². The van der Waals surface area contributed by atoms with Gasteiger partial charge in [-0.15, -0.1) is 0 Å². The number of aryl methyl sites for hydroxylation is 1. The molecule has 6 nitrogen and oxygen atoms in total. The number of ether oxygens (including phenoxy) is 2. The molecule has 2 amide bonds. The second-order valence-electron chi connectivity index (χ2n) is 6.57. The molecule has 1 aliphatic heterocycles. The summed E-state index contributed by atoms with van der Waals surface area (Å²) in [6, 6.07) is 15.9. The number of benzene rings is 2. The summed E-state index contributed by atoms with van der Waals surface area (Å²) in [5, 5.41) is 2.93. The fourth-order valence-corrected chi connectivity index (χ4v) is 3.10. The second-order valence-corrected chi connectivity index (χ2v) is 6.57. The summed E-state index contributed by atoms with van der Waals surface area (Å²) in [5.41, 5.74) is 2.31. The molecule has 144 valence electrons. The highest BCUT2D eigenvalue weighted by atomic mass is 16.5. The van der Waals surface area contributed by atoms with Gasteiger partial charge in [-0.2, -0.15) is 0 Å². The van der Waals surface area contributed by atoms with Gasteiger partial charge >= 0.3 is 6.03 Å². The van der Waals surface area contributed by atoms with Gasteiger partial charge in [0.1, 0.15) is 18.1 Å². The third kappa shape index (κ3) is 5.29. The van der Waals surface area contributed by atoms with Crippen molar-refractivity contribution in [1.82, 2.24) is 10.2 Å². The third-order valence-electron chi connectivity index (χ3n) is 4.64. The van der Waals surface area contributed by atoms with Crippen molar-refractivity contribution < 1.29 is 14.3 Å². The Hall–Kier alpha value is -2.89. The highest BCUT2D eigenvalue weighted by molar-refractivity contribution is 5.74. The first kappa shape index (κ1) is 18.9. The molecule has 1 fully saturated rings. The van der Waals surface area contributed by atoms with Crippen molar-refractivity contribution in [3.8, 4) is 11.5 Å². The summed E-state index contributed by atoms with van der Waals surface area (Å²) in [7, 11) is 1.67. The van der Waals surface area contributed by atoms with Gasteiger partial charge in [0, 0.05) is 31.9 Å². The fraction of sp³-hybridized carbons (Fsp3) is 0.381. The van der Waals surface area contributed by atoms with Gasteiger partial charge in [-0.3, -0.25) is 0 Å². The van der Waals surface area contributed by atoms with Crippen LogP contribution in [0.25, 0.3) is 0 Å². The Morgan fingerprint density at radius 3 is 2.44 bits per heavy atom. The van der Waals surface area contributed by atoms with E-state index in [1.165, 1.54) is 0 Å². The first-order valence-electron chi connectivity index (χ1n) is 9.27. The van der Waals surface area contributed by atoms with E-state index in [4.69, 9.17) is 9.47 Å². The van der Waals surface area contributed by atoms with Crippen molar-refractivity contribution in [3.05, 3.63) is 54.1 Å². The van der Waals surface area contributed by atoms with E-state index in [1.807, 2.05) is 48.2 Å². The van der Waals surface area contributed by atoms with Gasteiger partial charge in [-0.25, -0.2) is 4.79 Å². The molecule has 1 aliphatic rings. The summed E-state index contributed by atoms with van der Waals surface area (Å²) in [6.07, 6.45) is 0. The first-order chi connectivity index (χ1) is 13.2. The molecule has 0 aliphatic carbocycles. The van der Waals surface area contributed by atoms with E-state index in [-0.39, 0.29) is 6.03 Å². The topological polar surface area (TPSA) is 54.0 Å². The maximum absolute atomic E-state index is 12.3. The number of nitrogens with zero attached hydrogens (tertiary/aromatic N) is 2. The number of hydrogen-bond donors (Lipinski definition) is 1. The quantitative estimate of drug-likeness (QED) is 0.796. The van der Waals surface area contributed by atoms with E-state index < -0.39 is 0 Å². The van der Waals surface area contributed by atoms with Crippen molar-refractivity contribution in [1.29, 1.82) is 0 Å². The van der Waals surface area contributed by atoms with Crippen molar-refractivity contribution in [3.63, 3.8) is 0 Å². The smallest absolute Gasteiger partial charge is 0.317 e. The van der Waals surface area contributed by atoms with Crippen LogP contribution in [0.3, 0.4) is 0 Å². The Kier molecular flexibility index (Phi) is 6.41. The van der Waals surface area contributed by atoms with E-state index in [1.54, 1.807) is 7.11 Å². The Morgan fingerprint density at radius 2 is 1.78 bits per heavy atom. The molecule has 3 rings (SSSR count). The third-order valence-corrected chi connectivity index (χ3v) is 4.64. The second kappa shape index (κ2) is 9.16. The van der Waals surface area contributed by atoms with Crippen molar-refractivity contribution in [2.45, 2.75) is 6.92 Å². The SMILES string of the molecule is COc1ccc(N2CCN(C(=O)NCCOc3cccc(C)c3)CC2)cc1. The molecule has 1 saturated heterocycles. The Morgan fingerprint density at radius 1 is 1.04 bits per heavy atom. The van der Waals surface area contributed by atoms with Gasteiger partial charge in [0.15, 0.2) is 0 Å². The number of nitrogens with one attached hydrogen (secondary N) is 1. The lowest BCUT2D eigenvalue weighted by molar-refractivity contribution is 0.191. The predicted molar refractivity (Wildman–Crippen MR) is 107 cm³/mol. The van der Waals surface area contributed by atoms with Gasteiger partial charge in [-0.05, 0) is 48.9 Å². The number of anilines is 1. The van der Waals surface area contributed by atoms with E-state index in [0.717, 1.165) is 35.8 Å². The minimum absolute atomic E-state index is 0.0303. The average molecular weight is 369 g/mol. The Bertz CT molecular complexity index is 741. The molecule has 6 heteroatoms. The number of urea groups is 1. The zero-order valence-electron chi connectivity index (χ0n) is 16.0. The monoisotopic (exact) mass is 369 g/mol. The molecule has 0 unspecified atom stereocenters. The van der Waals surface area contributed by atoms with Gasteiger partial charge in [0.25, 0.3) is 0 Å². The van der Waals surface area contributed by atoms with Crippen LogP contribution >= 0.6 is 0 Å². The maximum atomic E-state index is 12.3. The van der Waals surface area contributed by atoms with Crippen LogP contribution in [0.2, 0.25) is 0 Å². The minimum atomic E-state index is -0.0303. The van der Waals surface area contributed by atoms with Crippen molar-refractivity contribution >= 4 is 11.7 Å². The number of carbonyl (C=O) groups is 1. The first-order valence-corrected chi connectivity index (χ1v) is 9.27. The lowest BCUT2D eigenvalue weighted by Gasteiger charge is -2.36. The van der Waals surface area contributed by atoms with Crippen LogP contribution in [0.4, 0.5) is 10.5 Å². The van der Waals surface area contributed by atoms with Gasteiger partial charge in [-0.1, -0.05) is 12.1 Å². The van der Waals surface area contributed by atoms with Crippen LogP contribution in [0.15, 0.2) is 48.5 Å². The normalized spacial score (nSPS) is 14.0. The van der Waals surface area contributed by atoms with Crippen molar-refractivity contribution in [2.24, 2.45) is 0 Å². The molecule has 0 radical (unpaired) electrons. The number of carbonyl (C=O) groups excluding carboxylic acids is 1. The fourth-order valence-electron chi connectivity index (χ4n) is 3.10. The van der Waals surface area contributed by atoms with Crippen LogP contribution in [0, 0.1) is 6.92 Å². The van der Waals surface area contributed by atoms with Crippen LogP contribution < -0.4 is 19.7 Å². The van der Waals surface area contributed by atoms with Gasteiger partial charge in [0.05, 0.1) is 13.7 Å². The zero-order valence-corrected chi connectivity index (χ0v) is 16.0. The van der Waals surface area contributed by atoms with Crippen LogP contribution in [0.1, 0.15) is 5.56 Å². The lowest BCUT2D eigenvalue weighted by Crippen LogP contribution is -2.52. The van der Waals surface area contributed by atoms with E-state index >= 15 is 0 Å². The van der Waals surface area contributed by atoms with Crippen LogP contribution in [0.5, 0.6) is 11.5 Å². The van der Waals surface area contributed by atoms with E-state index in [0.29, 0.717) is 26.2 Å². The maximum Gasteiger partial charge on any atom is 0.317 e. The molecule has 1 heterocycles. The summed E-state index contributed by atoms with van der Waals surface area (Å²) in [4.78, 5) is 16.5. The molecule has 0 aromatic heterocycles. The summed E-state index contributed by atoms with van der Waals surface area (Å²) in [6.45, 7) is 6.03. The van der Waals surface area contributed by atoms with Gasteiger partial charge in [0.2, 0.25) is 0 Å². The number of hydrogen-bond acceptors (Lipinski definition) is 4. The van der Waals surface area contributed by atoms with Crippen LogP contribution in [-0.2, 0) is 0 Å². The molecular weight excluding hydrogens is 342 g/mol. The largest absolute Gasteiger partial charge is 0.497 e. The number of rotatable bonds is 6. The lowest BCUT2D eigenvalue weighted by atomic mass is 10.2. The molecule has 0 bridgehead atoms. The highest BCUT2D eigenvalue weighted by Crippen LogP contribution is 2.20. The van der Waals surface area contributed by atoms with E-state index in [2.05, 4.69) is 22.3 Å². The molecule has 27 heavy (non-hydrogen) atoms. The molecule has 0 saturated carbocycles. The number of piperazine rings is 1. The van der Waals surface area contributed by atoms with E-state index in [9.17, 15) is 4.79 Å². The molecule has 1 N–H and O–H groups in total. The van der Waals surface area contributed by atoms with Crippen LogP contribution in [-0.4, -0.2) is 57.4 Å². The minimum Gasteiger partial charge on any atom is -0.497 e. The molecule has 2 aromatic rings. The zero-order chi connectivity index (χ0) is 19.1. The summed E-state index contributed by atoms with van der Waals surface area (Å²) < 4.78 is 10.9. The molecule has 0 spiro atoms. The Balaban J connectivity index is 1.38. The summed E-state index contributed by atoms with van der Waals surface area (Å²) in [5.74, 6) is 1.68. The molecule has 0 atom stereocenters. The van der Waals surface area contributed by atoms with Crippen molar-refractivity contribution in [2.75, 3.05) is 51.3 Å². The number of methoxy groups -OCH3 is 1.